The van der Waals surface area contributed by atoms with Crippen molar-refractivity contribution in [1.29, 1.82) is 0 Å². The SMILES string of the molecule is C=CCCCCCCCCCOP(=O)(OCCCCCCCC=C)OCCCCCCCCCC=C. The molecule has 0 amide bonds. The number of hydrogen-bond donors (Lipinski definition) is 0. The summed E-state index contributed by atoms with van der Waals surface area (Å²) in [6.07, 6.45) is 31.3. The molecule has 0 unspecified atom stereocenters. The molecule has 0 rings (SSSR count). The van der Waals surface area contributed by atoms with Gasteiger partial charge in [0.15, 0.2) is 0 Å². The Hall–Kier alpha value is -0.670. The topological polar surface area (TPSA) is 44.8 Å². The third kappa shape index (κ3) is 26.4. The molecule has 0 fully saturated rings. The Morgan fingerprint density at radius 1 is 0.389 bits per heavy atom. The number of hydrogen-bond acceptors (Lipinski definition) is 4. The predicted octanol–water partition coefficient (Wildman–Crippen LogP) is 11.3. The first-order chi connectivity index (χ1) is 17.7. The van der Waals surface area contributed by atoms with E-state index in [9.17, 15) is 4.57 Å². The first kappa shape index (κ1) is 35.3. The molecule has 0 spiro atoms. The highest BCUT2D eigenvalue weighted by molar-refractivity contribution is 7.48. The van der Waals surface area contributed by atoms with Gasteiger partial charge in [0.05, 0.1) is 19.8 Å². The Bertz CT molecular complexity index is 503. The minimum absolute atomic E-state index is 0.439. The Labute approximate surface area is 225 Å². The van der Waals surface area contributed by atoms with E-state index in [0.29, 0.717) is 19.8 Å². The van der Waals surface area contributed by atoms with E-state index in [4.69, 9.17) is 13.6 Å². The summed E-state index contributed by atoms with van der Waals surface area (Å²) < 4.78 is 30.3. The van der Waals surface area contributed by atoms with Gasteiger partial charge in [0.25, 0.3) is 0 Å². The van der Waals surface area contributed by atoms with Gasteiger partial charge in [0.2, 0.25) is 0 Å². The lowest BCUT2D eigenvalue weighted by molar-refractivity contribution is 0.108. The van der Waals surface area contributed by atoms with Gasteiger partial charge in [-0.1, -0.05) is 102 Å². The molecule has 4 nitrogen and oxygen atoms in total. The van der Waals surface area contributed by atoms with Crippen molar-refractivity contribution in [3.8, 4) is 0 Å². The van der Waals surface area contributed by atoms with Crippen LogP contribution in [0.2, 0.25) is 0 Å². The second-order valence-electron chi connectivity index (χ2n) is 9.90. The summed E-state index contributed by atoms with van der Waals surface area (Å²) in [4.78, 5) is 0. The number of phosphoric acid groups is 1. The van der Waals surface area contributed by atoms with E-state index in [0.717, 1.165) is 57.8 Å². The van der Waals surface area contributed by atoms with Crippen LogP contribution in [-0.2, 0) is 18.1 Å². The number of phosphoric ester groups is 1. The minimum atomic E-state index is -3.47. The molecule has 0 aliphatic heterocycles. The largest absolute Gasteiger partial charge is 0.474 e. The molecule has 5 heteroatoms. The molecule has 0 aliphatic rings. The lowest BCUT2D eigenvalue weighted by atomic mass is 10.1. The highest BCUT2D eigenvalue weighted by atomic mass is 31.2. The highest BCUT2D eigenvalue weighted by Crippen LogP contribution is 2.50. The minimum Gasteiger partial charge on any atom is -0.287 e. The Balaban J connectivity index is 4.08. The van der Waals surface area contributed by atoms with Crippen molar-refractivity contribution in [2.75, 3.05) is 19.8 Å². The molecule has 0 saturated heterocycles. The maximum absolute atomic E-state index is 13.2. The van der Waals surface area contributed by atoms with Gasteiger partial charge in [-0.15, -0.1) is 19.7 Å². The Morgan fingerprint density at radius 2 is 0.611 bits per heavy atom. The summed E-state index contributed by atoms with van der Waals surface area (Å²) in [7, 11) is -3.47. The Morgan fingerprint density at radius 3 is 0.861 bits per heavy atom. The van der Waals surface area contributed by atoms with Crippen LogP contribution in [0.5, 0.6) is 0 Å². The number of rotatable bonds is 31. The van der Waals surface area contributed by atoms with Crippen molar-refractivity contribution in [2.45, 2.75) is 141 Å². The number of allylic oxidation sites excluding steroid dienone is 3. The molecule has 212 valence electrons. The second kappa shape index (κ2) is 28.9. The van der Waals surface area contributed by atoms with Crippen molar-refractivity contribution in [3.63, 3.8) is 0 Å². The van der Waals surface area contributed by atoms with E-state index in [-0.39, 0.29) is 0 Å². The van der Waals surface area contributed by atoms with Crippen LogP contribution in [0, 0.1) is 0 Å². The van der Waals surface area contributed by atoms with Crippen molar-refractivity contribution in [1.82, 2.24) is 0 Å². The fourth-order valence-electron chi connectivity index (χ4n) is 4.11. The molecule has 0 aromatic rings. The summed E-state index contributed by atoms with van der Waals surface area (Å²) in [5.74, 6) is 0. The smallest absolute Gasteiger partial charge is 0.287 e. The third-order valence-electron chi connectivity index (χ3n) is 6.41. The van der Waals surface area contributed by atoms with Crippen LogP contribution >= 0.6 is 7.82 Å². The second-order valence-corrected chi connectivity index (χ2v) is 11.6. The average molecular weight is 527 g/mol. The molecule has 36 heavy (non-hydrogen) atoms. The molecule has 0 aromatic carbocycles. The van der Waals surface area contributed by atoms with E-state index < -0.39 is 7.82 Å². The zero-order chi connectivity index (χ0) is 26.4. The molecule has 0 bridgehead atoms. The molecule has 0 saturated carbocycles. The summed E-state index contributed by atoms with van der Waals surface area (Å²) >= 11 is 0. The first-order valence-electron chi connectivity index (χ1n) is 15.0. The van der Waals surface area contributed by atoms with E-state index >= 15 is 0 Å². The van der Waals surface area contributed by atoms with Crippen LogP contribution in [0.4, 0.5) is 0 Å². The standard InChI is InChI=1S/C31H59O4P/c1-4-7-10-13-16-18-21-24-27-30-34-36(32,33-29-26-23-20-15-12-9-6-3)35-31-28-25-22-19-17-14-11-8-5-2/h4-6H,1-3,7-31H2. The fourth-order valence-corrected chi connectivity index (χ4v) is 5.39. The van der Waals surface area contributed by atoms with E-state index in [1.807, 2.05) is 18.2 Å². The van der Waals surface area contributed by atoms with Crippen LogP contribution in [0.15, 0.2) is 38.0 Å². The quantitative estimate of drug-likeness (QED) is 0.0512. The van der Waals surface area contributed by atoms with Gasteiger partial charge in [-0.2, -0.15) is 0 Å². The average Bonchev–Trinajstić information content (AvgIpc) is 2.88. The van der Waals surface area contributed by atoms with Crippen molar-refractivity contribution < 1.29 is 18.1 Å². The molecule has 0 atom stereocenters. The molecular weight excluding hydrogens is 467 g/mol. The van der Waals surface area contributed by atoms with Crippen molar-refractivity contribution in [3.05, 3.63) is 38.0 Å². The summed E-state index contributed by atoms with van der Waals surface area (Å²) in [6, 6.07) is 0. The first-order valence-corrected chi connectivity index (χ1v) is 16.5. The molecule has 0 N–H and O–H groups in total. The van der Waals surface area contributed by atoms with Crippen LogP contribution in [0.25, 0.3) is 0 Å². The van der Waals surface area contributed by atoms with E-state index in [1.54, 1.807) is 0 Å². The Kier molecular flexibility index (Phi) is 28.4. The van der Waals surface area contributed by atoms with Crippen LogP contribution < -0.4 is 0 Å². The van der Waals surface area contributed by atoms with Gasteiger partial charge in [-0.05, 0) is 57.8 Å². The molecule has 0 heterocycles. The lowest BCUT2D eigenvalue weighted by Crippen LogP contribution is -2.04. The lowest BCUT2D eigenvalue weighted by Gasteiger charge is -2.18. The van der Waals surface area contributed by atoms with Crippen LogP contribution in [-0.4, -0.2) is 19.8 Å². The van der Waals surface area contributed by atoms with E-state index in [2.05, 4.69) is 19.7 Å². The van der Waals surface area contributed by atoms with E-state index in [1.165, 1.54) is 83.5 Å². The number of unbranched alkanes of at least 4 members (excludes halogenated alkanes) is 19. The summed E-state index contributed by atoms with van der Waals surface area (Å²) in [5, 5.41) is 0. The van der Waals surface area contributed by atoms with Gasteiger partial charge < -0.3 is 0 Å². The van der Waals surface area contributed by atoms with Gasteiger partial charge in [0, 0.05) is 0 Å². The molecule has 0 aromatic heterocycles. The predicted molar refractivity (Wildman–Crippen MR) is 158 cm³/mol. The van der Waals surface area contributed by atoms with Crippen molar-refractivity contribution >= 4 is 7.82 Å². The highest BCUT2D eigenvalue weighted by Gasteiger charge is 2.26. The fraction of sp³-hybridized carbons (Fsp3) is 0.806. The van der Waals surface area contributed by atoms with Crippen molar-refractivity contribution in [2.24, 2.45) is 0 Å². The molecule has 0 radical (unpaired) electrons. The summed E-state index contributed by atoms with van der Waals surface area (Å²) in [6.45, 7) is 12.6. The van der Waals surface area contributed by atoms with Gasteiger partial charge >= 0.3 is 7.82 Å². The zero-order valence-electron chi connectivity index (χ0n) is 23.6. The molecular formula is C31H59O4P. The van der Waals surface area contributed by atoms with Gasteiger partial charge in [-0.3, -0.25) is 13.6 Å². The summed E-state index contributed by atoms with van der Waals surface area (Å²) in [5.41, 5.74) is 0. The molecule has 0 aliphatic carbocycles. The van der Waals surface area contributed by atoms with Gasteiger partial charge in [-0.25, -0.2) is 4.57 Å². The zero-order valence-corrected chi connectivity index (χ0v) is 24.5. The monoisotopic (exact) mass is 526 g/mol. The van der Waals surface area contributed by atoms with Crippen LogP contribution in [0.1, 0.15) is 141 Å². The maximum atomic E-state index is 13.2. The maximum Gasteiger partial charge on any atom is 0.474 e. The normalized spacial score (nSPS) is 11.6. The van der Waals surface area contributed by atoms with Crippen LogP contribution in [0.3, 0.4) is 0 Å². The third-order valence-corrected chi connectivity index (χ3v) is 7.90. The van der Waals surface area contributed by atoms with Gasteiger partial charge in [0.1, 0.15) is 0 Å².